The lowest BCUT2D eigenvalue weighted by Crippen LogP contribution is -2.51. The molecule has 2 atom stereocenters. The van der Waals surface area contributed by atoms with E-state index in [-0.39, 0.29) is 23.6 Å². The highest BCUT2D eigenvalue weighted by Crippen LogP contribution is 2.27. The lowest BCUT2D eigenvalue weighted by molar-refractivity contribution is 0.227. The number of aryl methyl sites for hydroxylation is 1. The topological polar surface area (TPSA) is 103 Å². The molecule has 3 rings (SSSR count). The molecule has 9 heteroatoms. The van der Waals surface area contributed by atoms with E-state index in [2.05, 4.69) is 10.1 Å². The molecule has 1 saturated heterocycles. The predicted octanol–water partition coefficient (Wildman–Crippen LogP) is 1.28. The molecule has 1 aliphatic heterocycles. The van der Waals surface area contributed by atoms with Crippen molar-refractivity contribution < 1.29 is 13.2 Å². The SMILES string of the molecule is C[C@H](N)[C@H]1CCCCN1S(=O)(=O)c1ccc(OCc2ncnn2C)cc1. The standard InChI is InChI=1S/C17H25N5O3S/c1-13(18)16-5-3-4-10-22(16)26(23,24)15-8-6-14(7-9-15)25-11-17-19-12-20-21(17)2/h6-9,12-13,16H,3-5,10-11,18H2,1-2H3/t13-,16+/m0/s1. The third kappa shape index (κ3) is 3.89. The van der Waals surface area contributed by atoms with Crippen molar-refractivity contribution in [3.63, 3.8) is 0 Å². The van der Waals surface area contributed by atoms with E-state index >= 15 is 0 Å². The number of nitrogens with zero attached hydrogens (tertiary/aromatic N) is 4. The van der Waals surface area contributed by atoms with Gasteiger partial charge in [0.25, 0.3) is 0 Å². The Bertz CT molecular complexity index is 832. The first-order chi connectivity index (χ1) is 12.4. The Morgan fingerprint density at radius 3 is 2.65 bits per heavy atom. The number of aromatic nitrogens is 3. The number of ether oxygens (including phenoxy) is 1. The Kier molecular flexibility index (Phi) is 5.59. The first-order valence-corrected chi connectivity index (χ1v) is 10.2. The molecular formula is C17H25N5O3S. The van der Waals surface area contributed by atoms with Crippen LogP contribution in [0.4, 0.5) is 0 Å². The van der Waals surface area contributed by atoms with Gasteiger partial charge in [-0.2, -0.15) is 9.40 Å². The Morgan fingerprint density at radius 1 is 1.31 bits per heavy atom. The van der Waals surface area contributed by atoms with Gasteiger partial charge in [-0.05, 0) is 44.0 Å². The summed E-state index contributed by atoms with van der Waals surface area (Å²) < 4.78 is 34.9. The van der Waals surface area contributed by atoms with Crippen molar-refractivity contribution in [1.82, 2.24) is 19.1 Å². The van der Waals surface area contributed by atoms with Crippen LogP contribution >= 0.6 is 0 Å². The summed E-state index contributed by atoms with van der Waals surface area (Å²) in [6.07, 6.45) is 4.13. The normalized spacial score (nSPS) is 20.0. The minimum Gasteiger partial charge on any atom is -0.486 e. The minimum absolute atomic E-state index is 0.152. The molecule has 0 amide bonds. The van der Waals surface area contributed by atoms with Gasteiger partial charge in [-0.15, -0.1) is 0 Å². The van der Waals surface area contributed by atoms with E-state index in [1.54, 1.807) is 40.3 Å². The van der Waals surface area contributed by atoms with E-state index in [9.17, 15) is 8.42 Å². The number of hydrogen-bond acceptors (Lipinski definition) is 6. The molecule has 1 aromatic heterocycles. The highest BCUT2D eigenvalue weighted by Gasteiger charge is 2.35. The Balaban J connectivity index is 1.73. The molecule has 8 nitrogen and oxygen atoms in total. The summed E-state index contributed by atoms with van der Waals surface area (Å²) in [5.74, 6) is 1.27. The highest BCUT2D eigenvalue weighted by molar-refractivity contribution is 7.89. The van der Waals surface area contributed by atoms with Crippen molar-refractivity contribution in [2.24, 2.45) is 12.8 Å². The number of nitrogens with two attached hydrogens (primary N) is 1. The highest BCUT2D eigenvalue weighted by atomic mass is 32.2. The molecule has 1 aliphatic rings. The monoisotopic (exact) mass is 379 g/mol. The van der Waals surface area contributed by atoms with Gasteiger partial charge in [0, 0.05) is 25.7 Å². The van der Waals surface area contributed by atoms with Gasteiger partial charge >= 0.3 is 0 Å². The molecule has 0 radical (unpaired) electrons. The van der Waals surface area contributed by atoms with Gasteiger partial charge in [0.2, 0.25) is 10.0 Å². The van der Waals surface area contributed by atoms with Crippen LogP contribution in [0, 0.1) is 0 Å². The van der Waals surface area contributed by atoms with Crippen molar-refractivity contribution in [1.29, 1.82) is 0 Å². The van der Waals surface area contributed by atoms with Gasteiger partial charge in [0.1, 0.15) is 18.7 Å². The van der Waals surface area contributed by atoms with E-state index in [4.69, 9.17) is 10.5 Å². The van der Waals surface area contributed by atoms with Crippen LogP contribution in [-0.4, -0.2) is 46.1 Å². The molecule has 26 heavy (non-hydrogen) atoms. The van der Waals surface area contributed by atoms with Crippen LogP contribution in [-0.2, 0) is 23.7 Å². The molecule has 0 saturated carbocycles. The molecule has 2 heterocycles. The van der Waals surface area contributed by atoms with Gasteiger partial charge in [0.05, 0.1) is 4.90 Å². The van der Waals surface area contributed by atoms with Crippen LogP contribution in [0.15, 0.2) is 35.5 Å². The van der Waals surface area contributed by atoms with Gasteiger partial charge < -0.3 is 10.5 Å². The van der Waals surface area contributed by atoms with Gasteiger partial charge in [0.15, 0.2) is 5.82 Å². The second kappa shape index (κ2) is 7.73. The van der Waals surface area contributed by atoms with Crippen molar-refractivity contribution in [2.75, 3.05) is 6.54 Å². The maximum Gasteiger partial charge on any atom is 0.243 e. The number of benzene rings is 1. The average Bonchev–Trinajstić information content (AvgIpc) is 3.05. The van der Waals surface area contributed by atoms with Crippen LogP contribution in [0.5, 0.6) is 5.75 Å². The predicted molar refractivity (Wildman–Crippen MR) is 97.0 cm³/mol. The lowest BCUT2D eigenvalue weighted by atomic mass is 10.00. The summed E-state index contributed by atoms with van der Waals surface area (Å²) in [6, 6.07) is 6.13. The summed E-state index contributed by atoms with van der Waals surface area (Å²) in [6.45, 7) is 2.64. The van der Waals surface area contributed by atoms with Crippen LogP contribution in [0.25, 0.3) is 0 Å². The molecule has 0 spiro atoms. The number of rotatable bonds is 6. The zero-order valence-corrected chi connectivity index (χ0v) is 15.9. The van der Waals surface area contributed by atoms with Crippen molar-refractivity contribution in [3.05, 3.63) is 36.4 Å². The van der Waals surface area contributed by atoms with Crippen molar-refractivity contribution in [2.45, 2.75) is 49.8 Å². The van der Waals surface area contributed by atoms with Crippen LogP contribution < -0.4 is 10.5 Å². The van der Waals surface area contributed by atoms with Crippen LogP contribution in [0.2, 0.25) is 0 Å². The molecule has 0 unspecified atom stereocenters. The second-order valence-electron chi connectivity index (χ2n) is 6.60. The minimum atomic E-state index is -3.57. The van der Waals surface area contributed by atoms with Crippen LogP contribution in [0.3, 0.4) is 0 Å². The summed E-state index contributed by atoms with van der Waals surface area (Å²) >= 11 is 0. The Morgan fingerprint density at radius 2 is 2.04 bits per heavy atom. The number of sulfonamides is 1. The first-order valence-electron chi connectivity index (χ1n) is 8.73. The van der Waals surface area contributed by atoms with E-state index < -0.39 is 10.0 Å². The molecule has 0 aliphatic carbocycles. The van der Waals surface area contributed by atoms with Gasteiger partial charge in [-0.1, -0.05) is 6.42 Å². The van der Waals surface area contributed by atoms with Crippen molar-refractivity contribution in [3.8, 4) is 5.75 Å². The first kappa shape index (κ1) is 18.8. The fourth-order valence-electron chi connectivity index (χ4n) is 3.20. The summed E-state index contributed by atoms with van der Waals surface area (Å²) in [7, 11) is -1.78. The van der Waals surface area contributed by atoms with E-state index in [1.165, 1.54) is 6.33 Å². The fourth-order valence-corrected chi connectivity index (χ4v) is 4.97. The third-order valence-corrected chi connectivity index (χ3v) is 6.65. The molecule has 2 N–H and O–H groups in total. The largest absolute Gasteiger partial charge is 0.486 e. The third-order valence-electron chi connectivity index (χ3n) is 4.71. The zero-order valence-electron chi connectivity index (χ0n) is 15.1. The molecule has 1 fully saturated rings. The Hall–Kier alpha value is -1.97. The molecule has 0 bridgehead atoms. The number of piperidine rings is 1. The van der Waals surface area contributed by atoms with Crippen molar-refractivity contribution >= 4 is 10.0 Å². The quantitative estimate of drug-likeness (QED) is 0.811. The van der Waals surface area contributed by atoms with E-state index in [0.29, 0.717) is 18.1 Å². The maximum absolute atomic E-state index is 13.0. The number of hydrogen-bond donors (Lipinski definition) is 1. The fraction of sp³-hybridized carbons (Fsp3) is 0.529. The molecular weight excluding hydrogens is 354 g/mol. The zero-order chi connectivity index (χ0) is 18.7. The molecule has 142 valence electrons. The smallest absolute Gasteiger partial charge is 0.243 e. The average molecular weight is 379 g/mol. The summed E-state index contributed by atoms with van der Waals surface area (Å²) in [4.78, 5) is 4.35. The molecule has 2 aromatic rings. The molecule has 1 aromatic carbocycles. The Labute approximate surface area is 154 Å². The summed E-state index contributed by atoms with van der Waals surface area (Å²) in [5.41, 5.74) is 6.02. The van der Waals surface area contributed by atoms with E-state index in [1.807, 2.05) is 6.92 Å². The second-order valence-corrected chi connectivity index (χ2v) is 8.49. The van der Waals surface area contributed by atoms with Crippen LogP contribution in [0.1, 0.15) is 32.0 Å². The lowest BCUT2D eigenvalue weighted by Gasteiger charge is -2.36. The van der Waals surface area contributed by atoms with Gasteiger partial charge in [-0.3, -0.25) is 4.68 Å². The maximum atomic E-state index is 13.0. The summed E-state index contributed by atoms with van der Waals surface area (Å²) in [5, 5.41) is 3.98. The van der Waals surface area contributed by atoms with Gasteiger partial charge in [-0.25, -0.2) is 13.4 Å². The van der Waals surface area contributed by atoms with E-state index in [0.717, 1.165) is 19.3 Å².